The maximum atomic E-state index is 12.6. The zero-order valence-corrected chi connectivity index (χ0v) is 16.0. The van der Waals surface area contributed by atoms with E-state index in [2.05, 4.69) is 10.6 Å². The molecule has 2 rings (SSSR count). The summed E-state index contributed by atoms with van der Waals surface area (Å²) in [7, 11) is 0. The predicted molar refractivity (Wildman–Crippen MR) is 107 cm³/mol. The smallest absolute Gasteiger partial charge is 0.270 e. The van der Waals surface area contributed by atoms with Crippen molar-refractivity contribution in [1.82, 2.24) is 5.32 Å². The van der Waals surface area contributed by atoms with Gasteiger partial charge in [0.15, 0.2) is 0 Å². The van der Waals surface area contributed by atoms with Gasteiger partial charge in [-0.15, -0.1) is 0 Å². The van der Waals surface area contributed by atoms with Gasteiger partial charge in [0.2, 0.25) is 5.91 Å². The van der Waals surface area contributed by atoms with Crippen LogP contribution in [0.3, 0.4) is 0 Å². The number of thioether (sulfide) groups is 1. The fraction of sp³-hybridized carbons (Fsp3) is 0.222. The van der Waals surface area contributed by atoms with Gasteiger partial charge in [-0.05, 0) is 48.8 Å². The van der Waals surface area contributed by atoms with E-state index in [0.29, 0.717) is 22.9 Å². The predicted octanol–water partition coefficient (Wildman–Crippen LogP) is 3.74. The van der Waals surface area contributed by atoms with Crippen molar-refractivity contribution in [3.8, 4) is 0 Å². The lowest BCUT2D eigenvalue weighted by Crippen LogP contribution is -2.44. The molecule has 0 saturated carbocycles. The van der Waals surface area contributed by atoms with E-state index in [4.69, 9.17) is 11.6 Å². The Hall–Kier alpha value is -2.58. The number of carbonyl (C=O) groups is 2. The summed E-state index contributed by atoms with van der Waals surface area (Å²) in [6.45, 7) is 0. The van der Waals surface area contributed by atoms with Crippen molar-refractivity contribution < 1.29 is 14.5 Å². The highest BCUT2D eigenvalue weighted by atomic mass is 35.5. The Morgan fingerprint density at radius 1 is 1.22 bits per heavy atom. The molecule has 0 bridgehead atoms. The Morgan fingerprint density at radius 3 is 2.56 bits per heavy atom. The minimum Gasteiger partial charge on any atom is -0.340 e. The summed E-state index contributed by atoms with van der Waals surface area (Å²) in [5, 5.41) is 16.8. The molecule has 9 heteroatoms. The molecule has 142 valence electrons. The number of anilines is 1. The lowest BCUT2D eigenvalue weighted by molar-refractivity contribution is -0.384. The molecular weight excluding hydrogens is 390 g/mol. The number of nitro benzene ring substituents is 1. The van der Waals surface area contributed by atoms with Gasteiger partial charge in [-0.3, -0.25) is 19.7 Å². The molecule has 2 aromatic carbocycles. The van der Waals surface area contributed by atoms with Crippen LogP contribution in [0, 0.1) is 10.1 Å². The molecule has 0 aliphatic rings. The van der Waals surface area contributed by atoms with Crippen LogP contribution in [0.25, 0.3) is 0 Å². The van der Waals surface area contributed by atoms with E-state index in [0.717, 1.165) is 0 Å². The number of hydrogen-bond acceptors (Lipinski definition) is 5. The van der Waals surface area contributed by atoms with Crippen LogP contribution < -0.4 is 10.6 Å². The average Bonchev–Trinajstić information content (AvgIpc) is 2.66. The molecule has 27 heavy (non-hydrogen) atoms. The molecule has 2 N–H and O–H groups in total. The molecule has 0 heterocycles. The van der Waals surface area contributed by atoms with Crippen molar-refractivity contribution in [1.29, 1.82) is 0 Å². The van der Waals surface area contributed by atoms with Crippen LogP contribution in [0.5, 0.6) is 0 Å². The number of nitrogens with one attached hydrogen (secondary N) is 2. The number of nitrogens with zero attached hydrogens (tertiary/aromatic N) is 1. The third-order valence-corrected chi connectivity index (χ3v) is 4.56. The second-order valence-corrected chi connectivity index (χ2v) is 7.03. The van der Waals surface area contributed by atoms with Crippen molar-refractivity contribution >= 4 is 46.6 Å². The van der Waals surface area contributed by atoms with Crippen molar-refractivity contribution in [2.24, 2.45) is 0 Å². The quantitative estimate of drug-likeness (QED) is 0.512. The fourth-order valence-corrected chi connectivity index (χ4v) is 2.87. The average molecular weight is 408 g/mol. The van der Waals surface area contributed by atoms with E-state index < -0.39 is 16.9 Å². The molecule has 0 radical (unpaired) electrons. The van der Waals surface area contributed by atoms with Crippen LogP contribution in [0.2, 0.25) is 5.02 Å². The van der Waals surface area contributed by atoms with Crippen molar-refractivity contribution in [3.63, 3.8) is 0 Å². The maximum Gasteiger partial charge on any atom is 0.270 e. The maximum absolute atomic E-state index is 12.6. The molecule has 7 nitrogen and oxygen atoms in total. The minimum atomic E-state index is -0.778. The lowest BCUT2D eigenvalue weighted by atomic mass is 10.1. The van der Waals surface area contributed by atoms with E-state index in [1.54, 1.807) is 36.0 Å². The van der Waals surface area contributed by atoms with Crippen LogP contribution >= 0.6 is 23.4 Å². The van der Waals surface area contributed by atoms with E-state index in [1.807, 2.05) is 6.26 Å². The summed E-state index contributed by atoms with van der Waals surface area (Å²) in [5.74, 6) is -0.255. The second kappa shape index (κ2) is 9.94. The molecule has 0 spiro atoms. The monoisotopic (exact) mass is 407 g/mol. The second-order valence-electron chi connectivity index (χ2n) is 5.61. The van der Waals surface area contributed by atoms with E-state index in [1.165, 1.54) is 24.3 Å². The Kier molecular flexibility index (Phi) is 7.63. The van der Waals surface area contributed by atoms with Gasteiger partial charge in [0.05, 0.1) is 4.92 Å². The molecule has 0 saturated heterocycles. The van der Waals surface area contributed by atoms with E-state index in [9.17, 15) is 19.7 Å². The third-order valence-electron chi connectivity index (χ3n) is 3.66. The standard InChI is InChI=1S/C18H18ClN3O4S/c1-27-10-9-16(18(24)20-14-7-5-13(19)6-8-14)21-17(23)12-3-2-4-15(11-12)22(25)26/h2-8,11,16H,9-10H2,1H3,(H,20,24)(H,21,23)/t16-/m0/s1. The van der Waals surface area contributed by atoms with Gasteiger partial charge in [0.25, 0.3) is 11.6 Å². The number of benzene rings is 2. The first-order valence-electron chi connectivity index (χ1n) is 8.01. The zero-order valence-electron chi connectivity index (χ0n) is 14.5. The number of non-ortho nitro benzene ring substituents is 1. The highest BCUT2D eigenvalue weighted by Crippen LogP contribution is 2.16. The number of rotatable bonds is 8. The summed E-state index contributed by atoms with van der Waals surface area (Å²) >= 11 is 7.38. The van der Waals surface area contributed by atoms with Gasteiger partial charge in [-0.1, -0.05) is 17.7 Å². The molecule has 0 aliphatic carbocycles. The first kappa shape index (κ1) is 20.7. The summed E-state index contributed by atoms with van der Waals surface area (Å²) in [6.07, 6.45) is 2.32. The van der Waals surface area contributed by atoms with E-state index >= 15 is 0 Å². The summed E-state index contributed by atoms with van der Waals surface area (Å²) in [6, 6.07) is 11.2. The number of carbonyl (C=O) groups excluding carboxylic acids is 2. The largest absolute Gasteiger partial charge is 0.340 e. The highest BCUT2D eigenvalue weighted by molar-refractivity contribution is 7.98. The SMILES string of the molecule is CSCC[C@H](NC(=O)c1cccc([N+](=O)[O-])c1)C(=O)Nc1ccc(Cl)cc1. The normalized spacial score (nSPS) is 11.5. The number of halogens is 1. The van der Waals surface area contributed by atoms with E-state index in [-0.39, 0.29) is 17.2 Å². The number of amides is 2. The molecule has 0 fully saturated rings. The first-order valence-corrected chi connectivity index (χ1v) is 9.78. The summed E-state index contributed by atoms with van der Waals surface area (Å²) in [5.41, 5.74) is 0.495. The molecule has 0 aliphatic heterocycles. The van der Waals surface area contributed by atoms with Crippen molar-refractivity contribution in [2.75, 3.05) is 17.3 Å². The third kappa shape index (κ3) is 6.26. The van der Waals surface area contributed by atoms with Crippen LogP contribution in [0.4, 0.5) is 11.4 Å². The molecular formula is C18H18ClN3O4S. The van der Waals surface area contributed by atoms with Gasteiger partial charge in [-0.2, -0.15) is 11.8 Å². The van der Waals surface area contributed by atoms with Crippen LogP contribution in [-0.2, 0) is 4.79 Å². The number of hydrogen-bond donors (Lipinski definition) is 2. The Bertz CT molecular complexity index is 830. The highest BCUT2D eigenvalue weighted by Gasteiger charge is 2.22. The van der Waals surface area contributed by atoms with Crippen LogP contribution in [0.15, 0.2) is 48.5 Å². The molecule has 0 unspecified atom stereocenters. The number of nitro groups is 1. The first-order chi connectivity index (χ1) is 12.9. The van der Waals surface area contributed by atoms with Crippen molar-refractivity contribution in [2.45, 2.75) is 12.5 Å². The Morgan fingerprint density at radius 2 is 1.93 bits per heavy atom. The van der Waals surface area contributed by atoms with Crippen LogP contribution in [0.1, 0.15) is 16.8 Å². The van der Waals surface area contributed by atoms with Crippen molar-refractivity contribution in [3.05, 3.63) is 69.2 Å². The Balaban J connectivity index is 2.11. The van der Waals surface area contributed by atoms with Gasteiger partial charge in [0, 0.05) is 28.4 Å². The van der Waals surface area contributed by atoms with Gasteiger partial charge in [-0.25, -0.2) is 0 Å². The topological polar surface area (TPSA) is 101 Å². The van der Waals surface area contributed by atoms with Gasteiger partial charge in [0.1, 0.15) is 6.04 Å². The van der Waals surface area contributed by atoms with Crippen LogP contribution in [-0.4, -0.2) is 34.8 Å². The zero-order chi connectivity index (χ0) is 19.8. The summed E-state index contributed by atoms with van der Waals surface area (Å²) < 4.78 is 0. The fourth-order valence-electron chi connectivity index (χ4n) is 2.27. The molecule has 2 aromatic rings. The minimum absolute atomic E-state index is 0.123. The molecule has 0 aromatic heterocycles. The summed E-state index contributed by atoms with van der Waals surface area (Å²) in [4.78, 5) is 35.3. The van der Waals surface area contributed by atoms with Gasteiger partial charge >= 0.3 is 0 Å². The van der Waals surface area contributed by atoms with Gasteiger partial charge < -0.3 is 10.6 Å². The molecule has 1 atom stereocenters. The molecule has 2 amide bonds. The Labute approximate surface area is 165 Å². The lowest BCUT2D eigenvalue weighted by Gasteiger charge is -2.18.